The average Bonchev–Trinajstić information content (AvgIpc) is 2.82. The number of nitrogens with one attached hydrogen (secondary N) is 1. The molecule has 1 amide bonds. The highest BCUT2D eigenvalue weighted by molar-refractivity contribution is 5.93. The molecule has 1 heterocycles. The Bertz CT molecular complexity index is 665. The Labute approximate surface area is 121 Å². The number of hydrogen-bond acceptors (Lipinski definition) is 2. The van der Waals surface area contributed by atoms with E-state index in [1.807, 2.05) is 13.8 Å². The van der Waals surface area contributed by atoms with Gasteiger partial charge in [0.25, 0.3) is 5.91 Å². The second kappa shape index (κ2) is 5.95. The maximum Gasteiger partial charge on any atom is 0.268 e. The highest BCUT2D eigenvalue weighted by Gasteiger charge is 2.14. The molecule has 0 saturated carbocycles. The summed E-state index contributed by atoms with van der Waals surface area (Å²) in [5.41, 5.74) is 7.13. The molecule has 21 heavy (non-hydrogen) atoms. The van der Waals surface area contributed by atoms with Crippen molar-refractivity contribution in [3.05, 3.63) is 53.4 Å². The van der Waals surface area contributed by atoms with Crippen molar-refractivity contribution in [1.29, 1.82) is 0 Å². The van der Waals surface area contributed by atoms with Crippen LogP contribution in [-0.4, -0.2) is 10.5 Å². The van der Waals surface area contributed by atoms with Crippen LogP contribution >= 0.6 is 0 Å². The zero-order chi connectivity index (χ0) is 15.6. The Balaban J connectivity index is 2.10. The average molecular weight is 293 g/mol. The predicted molar refractivity (Wildman–Crippen MR) is 76.8 cm³/mol. The third-order valence-corrected chi connectivity index (χ3v) is 3.10. The largest absolute Gasteiger partial charge is 0.397 e. The van der Waals surface area contributed by atoms with Gasteiger partial charge in [0, 0.05) is 18.8 Å². The highest BCUT2D eigenvalue weighted by Crippen LogP contribution is 2.16. The fourth-order valence-corrected chi connectivity index (χ4v) is 2.03. The van der Waals surface area contributed by atoms with Crippen LogP contribution in [0.5, 0.6) is 0 Å². The third-order valence-electron chi connectivity index (χ3n) is 3.10. The predicted octanol–water partition coefficient (Wildman–Crippen LogP) is 2.86. The lowest BCUT2D eigenvalue weighted by Crippen LogP contribution is -2.25. The first kappa shape index (κ1) is 15.0. The molecule has 6 heteroatoms. The number of amides is 1. The molecule has 0 bridgehead atoms. The molecule has 0 saturated heterocycles. The first-order valence-electron chi connectivity index (χ1n) is 6.58. The van der Waals surface area contributed by atoms with Gasteiger partial charge in [0.15, 0.2) is 11.6 Å². The van der Waals surface area contributed by atoms with Crippen molar-refractivity contribution < 1.29 is 13.6 Å². The van der Waals surface area contributed by atoms with E-state index in [1.165, 1.54) is 6.07 Å². The molecule has 0 aliphatic heterocycles. The second-order valence-corrected chi connectivity index (χ2v) is 5.09. The lowest BCUT2D eigenvalue weighted by atomic mass is 10.2. The van der Waals surface area contributed by atoms with E-state index in [0.29, 0.717) is 16.9 Å². The van der Waals surface area contributed by atoms with Crippen LogP contribution in [-0.2, 0) is 6.54 Å². The number of nitrogens with zero attached hydrogens (tertiary/aromatic N) is 1. The Morgan fingerprint density at radius 2 is 2.00 bits per heavy atom. The van der Waals surface area contributed by atoms with Gasteiger partial charge in [0.05, 0.1) is 5.69 Å². The first-order valence-corrected chi connectivity index (χ1v) is 6.58. The SMILES string of the molecule is CC(C)n1cc(N)cc1C(=O)NCc1ccc(F)c(F)c1. The van der Waals surface area contributed by atoms with Crippen LogP contribution in [0.15, 0.2) is 30.5 Å². The first-order chi connectivity index (χ1) is 9.88. The van der Waals surface area contributed by atoms with Crippen molar-refractivity contribution in [2.45, 2.75) is 26.4 Å². The van der Waals surface area contributed by atoms with E-state index in [0.717, 1.165) is 12.1 Å². The molecule has 0 radical (unpaired) electrons. The second-order valence-electron chi connectivity index (χ2n) is 5.09. The highest BCUT2D eigenvalue weighted by atomic mass is 19.2. The Hall–Kier alpha value is -2.37. The van der Waals surface area contributed by atoms with Gasteiger partial charge in [-0.15, -0.1) is 0 Å². The molecule has 0 spiro atoms. The van der Waals surface area contributed by atoms with Crippen LogP contribution in [0.4, 0.5) is 14.5 Å². The van der Waals surface area contributed by atoms with Crippen molar-refractivity contribution in [2.24, 2.45) is 0 Å². The lowest BCUT2D eigenvalue weighted by molar-refractivity contribution is 0.0940. The summed E-state index contributed by atoms with van der Waals surface area (Å²) in [6, 6.07) is 5.19. The maximum absolute atomic E-state index is 13.1. The molecule has 0 unspecified atom stereocenters. The van der Waals surface area contributed by atoms with Crippen LogP contribution in [0.25, 0.3) is 0 Å². The minimum absolute atomic E-state index is 0.0892. The van der Waals surface area contributed by atoms with Crippen LogP contribution in [0.3, 0.4) is 0 Å². The molecule has 0 aliphatic carbocycles. The van der Waals surface area contributed by atoms with Crippen LogP contribution < -0.4 is 11.1 Å². The number of carbonyl (C=O) groups is 1. The zero-order valence-corrected chi connectivity index (χ0v) is 11.9. The summed E-state index contributed by atoms with van der Waals surface area (Å²) in [5, 5.41) is 2.67. The maximum atomic E-state index is 13.1. The van der Waals surface area contributed by atoms with Gasteiger partial charge in [-0.2, -0.15) is 0 Å². The minimum atomic E-state index is -0.934. The number of nitrogens with two attached hydrogens (primary N) is 1. The van der Waals surface area contributed by atoms with Gasteiger partial charge in [0.1, 0.15) is 5.69 Å². The smallest absolute Gasteiger partial charge is 0.268 e. The van der Waals surface area contributed by atoms with E-state index in [1.54, 1.807) is 16.8 Å². The Kier molecular flexibility index (Phi) is 4.26. The molecule has 1 aromatic carbocycles. The van der Waals surface area contributed by atoms with Gasteiger partial charge in [-0.1, -0.05) is 6.07 Å². The van der Waals surface area contributed by atoms with Crippen LogP contribution in [0.1, 0.15) is 35.9 Å². The number of carbonyl (C=O) groups excluding carboxylic acids is 1. The topological polar surface area (TPSA) is 60.0 Å². The monoisotopic (exact) mass is 293 g/mol. The molecule has 4 nitrogen and oxygen atoms in total. The molecule has 0 fully saturated rings. The minimum Gasteiger partial charge on any atom is -0.397 e. The van der Waals surface area contributed by atoms with E-state index in [4.69, 9.17) is 5.73 Å². The molecular weight excluding hydrogens is 276 g/mol. The summed E-state index contributed by atoms with van der Waals surface area (Å²) >= 11 is 0. The third kappa shape index (κ3) is 3.39. The Morgan fingerprint density at radius 3 is 2.62 bits per heavy atom. The molecule has 0 atom stereocenters. The van der Waals surface area contributed by atoms with Crippen molar-refractivity contribution >= 4 is 11.6 Å². The van der Waals surface area contributed by atoms with Crippen molar-refractivity contribution in [3.8, 4) is 0 Å². The summed E-state index contributed by atoms with van der Waals surface area (Å²) < 4.78 is 27.7. The molecule has 0 aliphatic rings. The molecule has 1 aromatic heterocycles. The van der Waals surface area contributed by atoms with Crippen molar-refractivity contribution in [1.82, 2.24) is 9.88 Å². The number of rotatable bonds is 4. The number of nitrogen functional groups attached to an aromatic ring is 1. The fourth-order valence-electron chi connectivity index (χ4n) is 2.03. The lowest BCUT2D eigenvalue weighted by Gasteiger charge is -2.12. The summed E-state index contributed by atoms with van der Waals surface area (Å²) in [5.74, 6) is -2.16. The van der Waals surface area contributed by atoms with Crippen molar-refractivity contribution in [2.75, 3.05) is 5.73 Å². The van der Waals surface area contributed by atoms with Crippen molar-refractivity contribution in [3.63, 3.8) is 0 Å². The summed E-state index contributed by atoms with van der Waals surface area (Å²) in [6.07, 6.45) is 1.69. The van der Waals surface area contributed by atoms with Gasteiger partial charge < -0.3 is 15.6 Å². The van der Waals surface area contributed by atoms with E-state index in [-0.39, 0.29) is 18.5 Å². The zero-order valence-electron chi connectivity index (χ0n) is 11.9. The Morgan fingerprint density at radius 1 is 1.29 bits per heavy atom. The molecule has 112 valence electrons. The van der Waals surface area contributed by atoms with Crippen LogP contribution in [0.2, 0.25) is 0 Å². The molecular formula is C15H17F2N3O. The van der Waals surface area contributed by atoms with Gasteiger partial charge in [-0.25, -0.2) is 8.78 Å². The fraction of sp³-hybridized carbons (Fsp3) is 0.267. The number of benzene rings is 1. The van der Waals surface area contributed by atoms with E-state index < -0.39 is 11.6 Å². The van der Waals surface area contributed by atoms with Gasteiger partial charge in [-0.3, -0.25) is 4.79 Å². The van der Waals surface area contributed by atoms with Gasteiger partial charge in [-0.05, 0) is 37.6 Å². The van der Waals surface area contributed by atoms with Crippen LogP contribution in [0, 0.1) is 11.6 Å². The molecule has 3 N–H and O–H groups in total. The summed E-state index contributed by atoms with van der Waals surface area (Å²) in [7, 11) is 0. The molecule has 2 rings (SSSR count). The number of anilines is 1. The molecule has 2 aromatic rings. The van der Waals surface area contributed by atoms with E-state index >= 15 is 0 Å². The quantitative estimate of drug-likeness (QED) is 0.910. The standard InChI is InChI=1S/C15H17F2N3O/c1-9(2)20-8-11(18)6-14(20)15(21)19-7-10-3-4-12(16)13(17)5-10/h3-6,8-9H,7,18H2,1-2H3,(H,19,21). The number of halogens is 2. The summed E-state index contributed by atoms with van der Waals surface area (Å²) in [6.45, 7) is 3.98. The van der Waals surface area contributed by atoms with E-state index in [2.05, 4.69) is 5.32 Å². The number of aromatic nitrogens is 1. The van der Waals surface area contributed by atoms with E-state index in [9.17, 15) is 13.6 Å². The summed E-state index contributed by atoms with van der Waals surface area (Å²) in [4.78, 5) is 12.2. The van der Waals surface area contributed by atoms with Gasteiger partial charge >= 0.3 is 0 Å². The number of hydrogen-bond donors (Lipinski definition) is 2. The van der Waals surface area contributed by atoms with Gasteiger partial charge in [0.2, 0.25) is 0 Å². The normalized spacial score (nSPS) is 10.9.